The van der Waals surface area contributed by atoms with Gasteiger partial charge in [0, 0.05) is 5.56 Å². The third-order valence-electron chi connectivity index (χ3n) is 3.90. The van der Waals surface area contributed by atoms with Crippen LogP contribution in [-0.2, 0) is 9.63 Å². The standard InChI is InChI=1S/C18H17NO3S2/c1-21-14-10-8-13(9-11-14)18(23)22-19-15(16(24-2)17(19)20)12-6-4-3-5-7-12/h3-11,15-16H,1-2H3/t15-,16+/m1/s1. The van der Waals surface area contributed by atoms with Gasteiger partial charge >= 0.3 is 0 Å². The molecule has 0 spiro atoms. The van der Waals surface area contributed by atoms with Gasteiger partial charge in [-0.15, -0.1) is 11.8 Å². The van der Waals surface area contributed by atoms with Crippen LogP contribution in [0.3, 0.4) is 0 Å². The number of benzene rings is 2. The first-order chi connectivity index (χ1) is 11.7. The number of carbonyl (C=O) groups is 1. The van der Waals surface area contributed by atoms with Crippen molar-refractivity contribution in [2.75, 3.05) is 13.4 Å². The van der Waals surface area contributed by atoms with Crippen LogP contribution < -0.4 is 4.74 Å². The Morgan fingerprint density at radius 2 is 1.79 bits per heavy atom. The molecule has 0 radical (unpaired) electrons. The minimum absolute atomic E-state index is 0.0628. The summed E-state index contributed by atoms with van der Waals surface area (Å²) in [6.45, 7) is 0. The lowest BCUT2D eigenvalue weighted by atomic mass is 9.96. The quantitative estimate of drug-likeness (QED) is 0.602. The smallest absolute Gasteiger partial charge is 0.271 e. The van der Waals surface area contributed by atoms with E-state index in [0.29, 0.717) is 0 Å². The molecule has 0 unspecified atom stereocenters. The number of ether oxygens (including phenoxy) is 1. The summed E-state index contributed by atoms with van der Waals surface area (Å²) >= 11 is 6.87. The third-order valence-corrected chi connectivity index (χ3v) is 5.18. The number of carbonyl (C=O) groups excluding carboxylic acids is 1. The lowest BCUT2D eigenvalue weighted by Crippen LogP contribution is -2.57. The molecule has 1 saturated heterocycles. The van der Waals surface area contributed by atoms with Crippen molar-refractivity contribution < 1.29 is 14.4 Å². The number of rotatable bonds is 5. The number of thioether (sulfide) groups is 1. The third kappa shape index (κ3) is 3.12. The summed E-state index contributed by atoms with van der Waals surface area (Å²) in [5.41, 5.74) is 1.77. The van der Waals surface area contributed by atoms with E-state index in [9.17, 15) is 4.79 Å². The molecule has 1 amide bonds. The predicted octanol–water partition coefficient (Wildman–Crippen LogP) is 3.62. The highest BCUT2D eigenvalue weighted by Crippen LogP contribution is 2.41. The van der Waals surface area contributed by atoms with Crippen molar-refractivity contribution in [2.45, 2.75) is 11.3 Å². The summed E-state index contributed by atoms with van der Waals surface area (Å²) < 4.78 is 5.13. The average molecular weight is 359 g/mol. The molecule has 2 atom stereocenters. The molecule has 0 aliphatic carbocycles. The number of β-lactam (4-membered cyclic amide) rings is 1. The summed E-state index contributed by atoms with van der Waals surface area (Å²) in [6.07, 6.45) is 1.93. The van der Waals surface area contributed by atoms with E-state index in [4.69, 9.17) is 21.8 Å². The van der Waals surface area contributed by atoms with E-state index in [-0.39, 0.29) is 22.2 Å². The lowest BCUT2D eigenvalue weighted by Gasteiger charge is -2.44. The topological polar surface area (TPSA) is 38.8 Å². The van der Waals surface area contributed by atoms with E-state index in [2.05, 4.69) is 0 Å². The number of thiocarbonyl (C=S) groups is 1. The second-order valence-corrected chi connectivity index (χ2v) is 6.63. The van der Waals surface area contributed by atoms with Gasteiger partial charge in [0.05, 0.1) is 7.11 Å². The second-order valence-electron chi connectivity index (χ2n) is 5.28. The molecule has 2 aromatic rings. The molecule has 24 heavy (non-hydrogen) atoms. The van der Waals surface area contributed by atoms with Crippen LogP contribution in [-0.4, -0.2) is 34.6 Å². The van der Waals surface area contributed by atoms with Gasteiger partial charge in [-0.3, -0.25) is 4.79 Å². The summed E-state index contributed by atoms with van der Waals surface area (Å²) in [4.78, 5) is 18.1. The Morgan fingerprint density at radius 3 is 2.38 bits per heavy atom. The van der Waals surface area contributed by atoms with Crippen LogP contribution >= 0.6 is 24.0 Å². The van der Waals surface area contributed by atoms with Crippen LogP contribution in [0.25, 0.3) is 0 Å². The van der Waals surface area contributed by atoms with E-state index in [1.165, 1.54) is 16.8 Å². The van der Waals surface area contributed by atoms with E-state index < -0.39 is 0 Å². The minimum Gasteiger partial charge on any atom is -0.497 e. The summed E-state index contributed by atoms with van der Waals surface area (Å²) in [6, 6.07) is 17.0. The number of hydrogen-bond donors (Lipinski definition) is 0. The van der Waals surface area contributed by atoms with Gasteiger partial charge in [-0.2, -0.15) is 5.06 Å². The Morgan fingerprint density at radius 1 is 1.12 bits per heavy atom. The van der Waals surface area contributed by atoms with E-state index in [1.807, 2.05) is 60.9 Å². The van der Waals surface area contributed by atoms with Crippen LogP contribution in [0.2, 0.25) is 0 Å². The highest BCUT2D eigenvalue weighted by molar-refractivity contribution is 8.00. The van der Waals surface area contributed by atoms with Gasteiger partial charge in [0.1, 0.15) is 17.0 Å². The monoisotopic (exact) mass is 359 g/mol. The van der Waals surface area contributed by atoms with Gasteiger partial charge in [0.2, 0.25) is 5.05 Å². The highest BCUT2D eigenvalue weighted by Gasteiger charge is 2.50. The predicted molar refractivity (Wildman–Crippen MR) is 99.1 cm³/mol. The van der Waals surface area contributed by atoms with E-state index >= 15 is 0 Å². The number of nitrogens with zero attached hydrogens (tertiary/aromatic N) is 1. The average Bonchev–Trinajstić information content (AvgIpc) is 2.64. The first-order valence-corrected chi connectivity index (χ1v) is 9.12. The van der Waals surface area contributed by atoms with Crippen molar-refractivity contribution in [1.29, 1.82) is 0 Å². The maximum Gasteiger partial charge on any atom is 0.271 e. The fourth-order valence-corrected chi connectivity index (χ4v) is 3.65. The van der Waals surface area contributed by atoms with Crippen molar-refractivity contribution in [3.63, 3.8) is 0 Å². The van der Waals surface area contributed by atoms with Crippen LogP contribution in [0.4, 0.5) is 0 Å². The zero-order valence-corrected chi connectivity index (χ0v) is 15.0. The van der Waals surface area contributed by atoms with Crippen molar-refractivity contribution in [1.82, 2.24) is 5.06 Å². The molecule has 2 aromatic carbocycles. The van der Waals surface area contributed by atoms with Crippen LogP contribution in [0.15, 0.2) is 54.6 Å². The van der Waals surface area contributed by atoms with Gasteiger partial charge in [-0.1, -0.05) is 30.3 Å². The Bertz CT molecular complexity index is 734. The molecule has 1 aliphatic heterocycles. The molecule has 0 bridgehead atoms. The Kier molecular flexibility index (Phi) is 5.06. The Balaban J connectivity index is 1.77. The zero-order chi connectivity index (χ0) is 17.1. The molecule has 0 aromatic heterocycles. The zero-order valence-electron chi connectivity index (χ0n) is 13.3. The molecule has 1 aliphatic rings. The Hall–Kier alpha value is -2.05. The number of methoxy groups -OCH3 is 1. The van der Waals surface area contributed by atoms with Gasteiger partial charge in [-0.05, 0) is 48.3 Å². The van der Waals surface area contributed by atoms with Crippen molar-refractivity contribution in [2.24, 2.45) is 0 Å². The van der Waals surface area contributed by atoms with E-state index in [0.717, 1.165) is 16.9 Å². The van der Waals surface area contributed by atoms with E-state index in [1.54, 1.807) is 7.11 Å². The van der Waals surface area contributed by atoms with Crippen LogP contribution in [0, 0.1) is 0 Å². The fraction of sp³-hybridized carbons (Fsp3) is 0.222. The number of hydroxylamine groups is 2. The van der Waals surface area contributed by atoms with Gasteiger partial charge < -0.3 is 9.57 Å². The SMILES string of the molecule is COc1ccc(C(=S)ON2C(=O)[C@@H](SC)[C@H]2c2ccccc2)cc1. The molecule has 3 rings (SSSR count). The van der Waals surface area contributed by atoms with Gasteiger partial charge in [0.15, 0.2) is 0 Å². The number of hydrogen-bond acceptors (Lipinski definition) is 5. The number of amides is 1. The van der Waals surface area contributed by atoms with Crippen molar-refractivity contribution >= 4 is 34.9 Å². The first kappa shape index (κ1) is 16.8. The molecule has 6 heteroatoms. The van der Waals surface area contributed by atoms with Gasteiger partial charge in [-0.25, -0.2) is 0 Å². The first-order valence-electron chi connectivity index (χ1n) is 7.43. The van der Waals surface area contributed by atoms with Crippen LogP contribution in [0.5, 0.6) is 5.75 Å². The van der Waals surface area contributed by atoms with Gasteiger partial charge in [0.25, 0.3) is 5.91 Å². The highest BCUT2D eigenvalue weighted by atomic mass is 32.2. The maximum atomic E-state index is 12.3. The largest absolute Gasteiger partial charge is 0.497 e. The molecule has 1 heterocycles. The molecular weight excluding hydrogens is 342 g/mol. The summed E-state index contributed by atoms with van der Waals surface area (Å²) in [5, 5.41) is 1.50. The molecule has 124 valence electrons. The summed E-state index contributed by atoms with van der Waals surface area (Å²) in [5.74, 6) is 0.679. The molecular formula is C18H17NO3S2. The van der Waals surface area contributed by atoms with Crippen molar-refractivity contribution in [3.8, 4) is 5.75 Å². The van der Waals surface area contributed by atoms with Crippen LogP contribution in [0.1, 0.15) is 17.2 Å². The molecule has 1 fully saturated rings. The minimum atomic E-state index is -0.147. The molecule has 0 N–H and O–H groups in total. The molecule has 4 nitrogen and oxygen atoms in total. The molecule has 0 saturated carbocycles. The maximum absolute atomic E-state index is 12.3. The van der Waals surface area contributed by atoms with Crippen molar-refractivity contribution in [3.05, 3.63) is 65.7 Å². The second kappa shape index (κ2) is 7.23. The Labute approximate surface area is 150 Å². The normalized spacial score (nSPS) is 19.6. The lowest BCUT2D eigenvalue weighted by molar-refractivity contribution is -0.192. The summed E-state index contributed by atoms with van der Waals surface area (Å²) in [7, 11) is 1.61. The fourth-order valence-electron chi connectivity index (χ4n) is 2.60.